The average molecular weight is 517 g/mol. The van der Waals surface area contributed by atoms with E-state index in [1.54, 1.807) is 36.4 Å². The van der Waals surface area contributed by atoms with Gasteiger partial charge in [0.1, 0.15) is 6.61 Å². The minimum absolute atomic E-state index is 0.384. The number of amides is 2. The van der Waals surface area contributed by atoms with E-state index >= 15 is 0 Å². The Morgan fingerprint density at radius 2 is 1.81 bits per heavy atom. The van der Waals surface area contributed by atoms with Crippen molar-refractivity contribution in [2.45, 2.75) is 6.61 Å². The van der Waals surface area contributed by atoms with E-state index in [4.69, 9.17) is 21.1 Å². The van der Waals surface area contributed by atoms with Crippen molar-refractivity contribution in [3.05, 3.63) is 87.4 Å². The Morgan fingerprint density at radius 1 is 1.03 bits per heavy atom. The molecule has 2 N–H and O–H groups in total. The van der Waals surface area contributed by atoms with E-state index in [1.165, 1.54) is 19.4 Å². The fraction of sp³-hybridized carbons (Fsp3) is 0.0870. The zero-order chi connectivity index (χ0) is 22.9. The van der Waals surface area contributed by atoms with Gasteiger partial charge in [0.05, 0.1) is 13.3 Å². The average Bonchev–Trinajstić information content (AvgIpc) is 2.79. The molecule has 0 spiro atoms. The Bertz CT molecular complexity index is 1140. The molecular formula is C23H19BrClN3O4. The van der Waals surface area contributed by atoms with E-state index in [2.05, 4.69) is 31.8 Å². The van der Waals surface area contributed by atoms with Crippen molar-refractivity contribution in [3.8, 4) is 11.5 Å². The molecule has 0 fully saturated rings. The number of rotatable bonds is 7. The molecule has 0 saturated heterocycles. The Kier molecular flexibility index (Phi) is 8.24. The molecule has 7 nitrogen and oxygen atoms in total. The van der Waals surface area contributed by atoms with Crippen LogP contribution in [0.4, 0.5) is 5.69 Å². The van der Waals surface area contributed by atoms with E-state index in [0.29, 0.717) is 34.4 Å². The lowest BCUT2D eigenvalue weighted by Crippen LogP contribution is -2.32. The van der Waals surface area contributed by atoms with Gasteiger partial charge in [0.15, 0.2) is 11.5 Å². The molecule has 3 aromatic carbocycles. The summed E-state index contributed by atoms with van der Waals surface area (Å²) in [6, 6.07) is 19.5. The minimum Gasteiger partial charge on any atom is -0.493 e. The predicted octanol–water partition coefficient (Wildman–Crippen LogP) is 4.78. The van der Waals surface area contributed by atoms with Crippen LogP contribution in [-0.2, 0) is 16.2 Å². The van der Waals surface area contributed by atoms with Crippen molar-refractivity contribution in [1.82, 2.24) is 5.43 Å². The molecule has 0 aliphatic carbocycles. The second-order valence-corrected chi connectivity index (χ2v) is 7.84. The van der Waals surface area contributed by atoms with Gasteiger partial charge in [-0.05, 0) is 59.7 Å². The third-order valence-corrected chi connectivity index (χ3v) is 4.93. The van der Waals surface area contributed by atoms with Crippen LogP contribution in [0.5, 0.6) is 11.5 Å². The molecule has 0 aliphatic rings. The third kappa shape index (κ3) is 6.83. The molecule has 3 aromatic rings. The summed E-state index contributed by atoms with van der Waals surface area (Å²) in [5.41, 5.74) is 4.25. The lowest BCUT2D eigenvalue weighted by molar-refractivity contribution is -0.136. The van der Waals surface area contributed by atoms with E-state index in [-0.39, 0.29) is 0 Å². The highest BCUT2D eigenvalue weighted by atomic mass is 79.9. The number of carbonyl (C=O) groups is 2. The predicted molar refractivity (Wildman–Crippen MR) is 127 cm³/mol. The highest BCUT2D eigenvalue weighted by molar-refractivity contribution is 9.10. The van der Waals surface area contributed by atoms with Crippen LogP contribution in [0.25, 0.3) is 0 Å². The minimum atomic E-state index is -0.914. The summed E-state index contributed by atoms with van der Waals surface area (Å²) < 4.78 is 12.2. The lowest BCUT2D eigenvalue weighted by Gasteiger charge is -2.11. The topological polar surface area (TPSA) is 89.0 Å². The fourth-order valence-electron chi connectivity index (χ4n) is 2.60. The summed E-state index contributed by atoms with van der Waals surface area (Å²) in [7, 11) is 1.53. The molecule has 0 bridgehead atoms. The first-order chi connectivity index (χ1) is 15.4. The van der Waals surface area contributed by atoms with E-state index in [9.17, 15) is 9.59 Å². The monoisotopic (exact) mass is 515 g/mol. The van der Waals surface area contributed by atoms with Gasteiger partial charge in [-0.15, -0.1) is 0 Å². The number of benzene rings is 3. The van der Waals surface area contributed by atoms with Gasteiger partial charge in [-0.1, -0.05) is 45.7 Å². The lowest BCUT2D eigenvalue weighted by atomic mass is 10.2. The molecule has 3 rings (SSSR count). The molecule has 0 heterocycles. The molecule has 164 valence electrons. The third-order valence-electron chi connectivity index (χ3n) is 4.16. The standard InChI is InChI=1S/C23H19BrClN3O4/c1-31-21-11-16(7-10-20(21)32-14-15-5-8-17(24)9-6-15)13-26-28-23(30)22(29)27-19-4-2-3-18(25)12-19/h2-13H,14H2,1H3,(H,27,29)(H,28,30)/b26-13+. The van der Waals surface area contributed by atoms with Gasteiger partial charge in [0.25, 0.3) is 0 Å². The second-order valence-electron chi connectivity index (χ2n) is 6.49. The molecule has 0 aliphatic heterocycles. The van der Waals surface area contributed by atoms with Crippen LogP contribution in [0.3, 0.4) is 0 Å². The van der Waals surface area contributed by atoms with Crippen molar-refractivity contribution in [2.75, 3.05) is 12.4 Å². The number of nitrogens with zero attached hydrogens (tertiary/aromatic N) is 1. The van der Waals surface area contributed by atoms with E-state index in [1.807, 2.05) is 24.3 Å². The quantitative estimate of drug-likeness (QED) is 0.269. The molecule has 32 heavy (non-hydrogen) atoms. The van der Waals surface area contributed by atoms with Crippen LogP contribution < -0.4 is 20.2 Å². The van der Waals surface area contributed by atoms with Crippen LogP contribution in [0.2, 0.25) is 5.02 Å². The maximum Gasteiger partial charge on any atom is 0.329 e. The van der Waals surface area contributed by atoms with Crippen LogP contribution >= 0.6 is 27.5 Å². The first-order valence-electron chi connectivity index (χ1n) is 9.40. The maximum atomic E-state index is 11.9. The highest BCUT2D eigenvalue weighted by Crippen LogP contribution is 2.28. The van der Waals surface area contributed by atoms with E-state index in [0.717, 1.165) is 10.0 Å². The smallest absolute Gasteiger partial charge is 0.329 e. The highest BCUT2D eigenvalue weighted by Gasteiger charge is 2.13. The molecule has 9 heteroatoms. The van der Waals surface area contributed by atoms with Crippen LogP contribution in [0.1, 0.15) is 11.1 Å². The van der Waals surface area contributed by atoms with Crippen LogP contribution in [0.15, 0.2) is 76.3 Å². The van der Waals surface area contributed by atoms with Crippen molar-refractivity contribution < 1.29 is 19.1 Å². The Morgan fingerprint density at radius 3 is 2.53 bits per heavy atom. The Labute approximate surface area is 198 Å². The van der Waals surface area contributed by atoms with Crippen molar-refractivity contribution in [1.29, 1.82) is 0 Å². The molecule has 0 saturated carbocycles. The molecule has 0 aromatic heterocycles. The SMILES string of the molecule is COc1cc(/C=N/NC(=O)C(=O)Nc2cccc(Cl)c2)ccc1OCc1ccc(Br)cc1. The summed E-state index contributed by atoms with van der Waals surface area (Å²) >= 11 is 9.26. The van der Waals surface area contributed by atoms with Gasteiger partial charge in [0, 0.05) is 15.2 Å². The molecule has 0 unspecified atom stereocenters. The number of ether oxygens (including phenoxy) is 2. The summed E-state index contributed by atoms with van der Waals surface area (Å²) in [5, 5.41) is 6.70. The molecule has 2 amide bonds. The molecular weight excluding hydrogens is 498 g/mol. The number of hydrogen-bond acceptors (Lipinski definition) is 5. The number of hydrogen-bond donors (Lipinski definition) is 2. The van der Waals surface area contributed by atoms with E-state index < -0.39 is 11.8 Å². The summed E-state index contributed by atoms with van der Waals surface area (Å²) in [6.07, 6.45) is 1.39. The summed E-state index contributed by atoms with van der Waals surface area (Å²) in [5.74, 6) is -0.699. The second kappa shape index (κ2) is 11.3. The normalized spacial score (nSPS) is 10.6. The number of halogens is 2. The number of anilines is 1. The number of nitrogens with one attached hydrogen (secondary N) is 2. The molecule has 0 radical (unpaired) electrons. The summed E-state index contributed by atoms with van der Waals surface area (Å²) in [4.78, 5) is 23.9. The maximum absolute atomic E-state index is 11.9. The first kappa shape index (κ1) is 23.3. The van der Waals surface area contributed by atoms with Crippen molar-refractivity contribution >= 4 is 51.2 Å². The fourth-order valence-corrected chi connectivity index (χ4v) is 3.05. The van der Waals surface area contributed by atoms with Crippen molar-refractivity contribution in [3.63, 3.8) is 0 Å². The Hall–Kier alpha value is -3.36. The van der Waals surface area contributed by atoms with Crippen LogP contribution in [0, 0.1) is 0 Å². The largest absolute Gasteiger partial charge is 0.493 e. The van der Waals surface area contributed by atoms with Crippen LogP contribution in [-0.4, -0.2) is 25.1 Å². The van der Waals surface area contributed by atoms with Gasteiger partial charge in [0.2, 0.25) is 0 Å². The number of carbonyl (C=O) groups excluding carboxylic acids is 2. The zero-order valence-electron chi connectivity index (χ0n) is 17.0. The number of methoxy groups -OCH3 is 1. The van der Waals surface area contributed by atoms with Gasteiger partial charge in [-0.25, -0.2) is 5.43 Å². The summed E-state index contributed by atoms with van der Waals surface area (Å²) in [6.45, 7) is 0.384. The van der Waals surface area contributed by atoms with Gasteiger partial charge in [-0.3, -0.25) is 9.59 Å². The van der Waals surface area contributed by atoms with Gasteiger partial charge in [-0.2, -0.15) is 5.10 Å². The number of hydrazone groups is 1. The van der Waals surface area contributed by atoms with Gasteiger partial charge >= 0.3 is 11.8 Å². The van der Waals surface area contributed by atoms with Gasteiger partial charge < -0.3 is 14.8 Å². The van der Waals surface area contributed by atoms with Crippen molar-refractivity contribution in [2.24, 2.45) is 5.10 Å². The Balaban J connectivity index is 1.56. The molecule has 0 atom stereocenters. The first-order valence-corrected chi connectivity index (χ1v) is 10.6. The zero-order valence-corrected chi connectivity index (χ0v) is 19.3.